The number of hydrogen-bond donors (Lipinski definition) is 0. The monoisotopic (exact) mass is 518 g/mol. The molecule has 174 valence electrons. The Morgan fingerprint density at radius 3 is 2.44 bits per heavy atom. The Morgan fingerprint density at radius 1 is 1.06 bits per heavy atom. The Morgan fingerprint density at radius 2 is 1.79 bits per heavy atom. The fourth-order valence-electron chi connectivity index (χ4n) is 4.19. The van der Waals surface area contributed by atoms with Crippen LogP contribution >= 0.6 is 34.8 Å². The van der Waals surface area contributed by atoms with E-state index >= 15 is 0 Å². The maximum Gasteiger partial charge on any atom is 0.181 e. The van der Waals surface area contributed by atoms with E-state index < -0.39 is 17.7 Å². The molecule has 9 heteroatoms. The van der Waals surface area contributed by atoms with E-state index in [1.165, 1.54) is 18.3 Å². The zero-order chi connectivity index (χ0) is 24.4. The van der Waals surface area contributed by atoms with Gasteiger partial charge in [-0.25, -0.2) is 4.39 Å². The second-order valence-electron chi connectivity index (χ2n) is 8.07. The topological polar surface area (TPSA) is 77.0 Å². The number of nitrogens with zero attached hydrogens (tertiary/aromatic N) is 2. The summed E-state index contributed by atoms with van der Waals surface area (Å²) >= 11 is 18.6. The first kappa shape index (κ1) is 24.5. The molecule has 2 heterocycles. The van der Waals surface area contributed by atoms with E-state index in [4.69, 9.17) is 34.8 Å². The molecule has 2 aromatic heterocycles. The quantitative estimate of drug-likeness (QED) is 0.262. The molecule has 0 N–H and O–H groups in total. The van der Waals surface area contributed by atoms with Crippen LogP contribution in [0.25, 0.3) is 11.3 Å². The summed E-state index contributed by atoms with van der Waals surface area (Å²) in [4.78, 5) is 46.1. The molecule has 1 fully saturated rings. The zero-order valence-corrected chi connectivity index (χ0v) is 20.0. The summed E-state index contributed by atoms with van der Waals surface area (Å²) in [5, 5.41) is 0.303. The molecule has 4 rings (SSSR count). The summed E-state index contributed by atoms with van der Waals surface area (Å²) in [5.41, 5.74) is 0.887. The maximum atomic E-state index is 14.3. The Labute approximate surface area is 210 Å². The molecule has 1 aromatic carbocycles. The van der Waals surface area contributed by atoms with Gasteiger partial charge in [-0.2, -0.15) is 0 Å². The summed E-state index contributed by atoms with van der Waals surface area (Å²) in [7, 11) is 0. The van der Waals surface area contributed by atoms with E-state index in [0.29, 0.717) is 24.1 Å². The van der Waals surface area contributed by atoms with Crippen molar-refractivity contribution in [3.05, 3.63) is 80.9 Å². The molecular weight excluding hydrogens is 502 g/mol. The van der Waals surface area contributed by atoms with Crippen molar-refractivity contribution < 1.29 is 18.8 Å². The molecule has 2 atom stereocenters. The summed E-state index contributed by atoms with van der Waals surface area (Å²) in [5.74, 6) is -2.93. The molecule has 3 aromatic rings. The van der Waals surface area contributed by atoms with Gasteiger partial charge in [-0.3, -0.25) is 24.4 Å². The average Bonchev–Trinajstić information content (AvgIpc) is 3.07. The number of benzene rings is 1. The molecule has 0 aliphatic heterocycles. The van der Waals surface area contributed by atoms with Crippen molar-refractivity contribution in [1.29, 1.82) is 0 Å². The molecule has 1 saturated carbocycles. The van der Waals surface area contributed by atoms with Crippen LogP contribution in [0.1, 0.15) is 47.7 Å². The van der Waals surface area contributed by atoms with Gasteiger partial charge in [0.25, 0.3) is 0 Å². The minimum absolute atomic E-state index is 0.000672. The van der Waals surface area contributed by atoms with Crippen LogP contribution in [0, 0.1) is 11.7 Å². The summed E-state index contributed by atoms with van der Waals surface area (Å²) < 4.78 is 14.3. The SMILES string of the molecule is O=C(CCCC1CC(=O)C(c2c(Cl)cc(-c3ncc(Cl)cc3F)cc2Cl)C1=O)c1ccccn1. The predicted octanol–water partition coefficient (Wildman–Crippen LogP) is 6.54. The summed E-state index contributed by atoms with van der Waals surface area (Å²) in [6.45, 7) is 0. The van der Waals surface area contributed by atoms with Crippen molar-refractivity contribution in [3.63, 3.8) is 0 Å². The lowest BCUT2D eigenvalue weighted by Crippen LogP contribution is -2.16. The third-order valence-corrected chi connectivity index (χ3v) is 6.64. The molecule has 0 amide bonds. The van der Waals surface area contributed by atoms with Crippen molar-refractivity contribution in [1.82, 2.24) is 9.97 Å². The van der Waals surface area contributed by atoms with E-state index in [-0.39, 0.29) is 56.5 Å². The summed E-state index contributed by atoms with van der Waals surface area (Å²) in [6.07, 6.45) is 3.98. The van der Waals surface area contributed by atoms with Crippen LogP contribution < -0.4 is 0 Å². The lowest BCUT2D eigenvalue weighted by Gasteiger charge is -2.15. The number of pyridine rings is 2. The molecule has 34 heavy (non-hydrogen) atoms. The number of carbonyl (C=O) groups is 3. The lowest BCUT2D eigenvalue weighted by atomic mass is 9.91. The van der Waals surface area contributed by atoms with Gasteiger partial charge in [-0.05, 0) is 43.2 Å². The van der Waals surface area contributed by atoms with Crippen LogP contribution in [-0.4, -0.2) is 27.3 Å². The van der Waals surface area contributed by atoms with Gasteiger partial charge < -0.3 is 0 Å². The number of carbonyl (C=O) groups excluding carboxylic acids is 3. The van der Waals surface area contributed by atoms with E-state index in [1.54, 1.807) is 24.4 Å². The Balaban J connectivity index is 1.49. The molecule has 2 unspecified atom stereocenters. The number of Topliss-reactive ketones (excluding diaryl/α,β-unsaturated/α-hetero) is 3. The van der Waals surface area contributed by atoms with Crippen molar-refractivity contribution >= 4 is 52.2 Å². The fourth-order valence-corrected chi connectivity index (χ4v) is 5.04. The van der Waals surface area contributed by atoms with E-state index in [9.17, 15) is 18.8 Å². The molecule has 0 spiro atoms. The maximum absolute atomic E-state index is 14.3. The van der Waals surface area contributed by atoms with Crippen LogP contribution in [0.3, 0.4) is 0 Å². The molecular formula is C25H18Cl3FN2O3. The van der Waals surface area contributed by atoms with E-state index in [0.717, 1.165) is 6.07 Å². The van der Waals surface area contributed by atoms with Crippen molar-refractivity contribution in [2.45, 2.75) is 31.6 Å². The highest BCUT2D eigenvalue weighted by atomic mass is 35.5. The first-order valence-electron chi connectivity index (χ1n) is 10.6. The van der Waals surface area contributed by atoms with Gasteiger partial charge in [0, 0.05) is 52.3 Å². The first-order valence-corrected chi connectivity index (χ1v) is 11.7. The Bertz CT molecular complexity index is 1260. The van der Waals surface area contributed by atoms with E-state index in [2.05, 4.69) is 9.97 Å². The second-order valence-corrected chi connectivity index (χ2v) is 9.32. The zero-order valence-electron chi connectivity index (χ0n) is 17.7. The fraction of sp³-hybridized carbons (Fsp3) is 0.240. The van der Waals surface area contributed by atoms with Crippen LogP contribution in [0.5, 0.6) is 0 Å². The Hall–Kier alpha value is -2.67. The largest absolute Gasteiger partial charge is 0.298 e. The molecule has 0 saturated heterocycles. The lowest BCUT2D eigenvalue weighted by molar-refractivity contribution is -0.124. The highest BCUT2D eigenvalue weighted by Gasteiger charge is 2.43. The summed E-state index contributed by atoms with van der Waals surface area (Å²) in [6, 6.07) is 9.09. The number of ketones is 3. The minimum atomic E-state index is -1.09. The molecule has 5 nitrogen and oxygen atoms in total. The van der Waals surface area contributed by atoms with Gasteiger partial charge in [0.15, 0.2) is 17.4 Å². The third-order valence-electron chi connectivity index (χ3n) is 5.81. The molecule has 0 bridgehead atoms. The van der Waals surface area contributed by atoms with Crippen molar-refractivity contribution in [2.24, 2.45) is 5.92 Å². The van der Waals surface area contributed by atoms with E-state index in [1.807, 2.05) is 0 Å². The van der Waals surface area contributed by atoms with Crippen LogP contribution in [0.15, 0.2) is 48.8 Å². The average molecular weight is 520 g/mol. The number of halogens is 4. The highest BCUT2D eigenvalue weighted by molar-refractivity contribution is 6.38. The molecule has 1 aliphatic rings. The van der Waals surface area contributed by atoms with Gasteiger partial charge >= 0.3 is 0 Å². The van der Waals surface area contributed by atoms with Gasteiger partial charge in [-0.15, -0.1) is 0 Å². The third kappa shape index (κ3) is 5.04. The smallest absolute Gasteiger partial charge is 0.181 e. The second kappa shape index (κ2) is 10.3. The number of rotatable bonds is 7. The number of aromatic nitrogens is 2. The normalized spacial score (nSPS) is 17.9. The van der Waals surface area contributed by atoms with Gasteiger partial charge in [0.05, 0.1) is 5.02 Å². The highest BCUT2D eigenvalue weighted by Crippen LogP contribution is 2.43. The minimum Gasteiger partial charge on any atom is -0.298 e. The van der Waals surface area contributed by atoms with Crippen molar-refractivity contribution in [2.75, 3.05) is 0 Å². The van der Waals surface area contributed by atoms with Crippen LogP contribution in [0.2, 0.25) is 15.1 Å². The van der Waals surface area contributed by atoms with Gasteiger partial charge in [0.2, 0.25) is 0 Å². The van der Waals surface area contributed by atoms with Crippen molar-refractivity contribution in [3.8, 4) is 11.3 Å². The molecule has 0 radical (unpaired) electrons. The standard InChI is InChI=1S/C25H18Cl3FN2O3/c26-15-11-18(29)24(31-12-15)14-8-16(27)22(17(28)9-14)23-21(33)10-13(25(23)34)4-3-6-20(32)19-5-1-2-7-30-19/h1-2,5,7-9,11-13,23H,3-4,6,10H2. The first-order chi connectivity index (χ1) is 16.3. The van der Waals surface area contributed by atoms with Crippen LogP contribution in [0.4, 0.5) is 4.39 Å². The number of hydrogen-bond acceptors (Lipinski definition) is 5. The van der Waals surface area contributed by atoms with Gasteiger partial charge in [0.1, 0.15) is 23.1 Å². The van der Waals surface area contributed by atoms with Gasteiger partial charge in [-0.1, -0.05) is 40.9 Å². The molecule has 1 aliphatic carbocycles. The predicted molar refractivity (Wildman–Crippen MR) is 128 cm³/mol. The van der Waals surface area contributed by atoms with Crippen LogP contribution in [-0.2, 0) is 9.59 Å². The Kier molecular flexibility index (Phi) is 7.41.